The number of alkyl carbamates (subject to hydrolysis) is 1. The van der Waals surface area contributed by atoms with Crippen molar-refractivity contribution in [3.63, 3.8) is 0 Å². The predicted octanol–water partition coefficient (Wildman–Crippen LogP) is 2.91. The molecular formula is C35H46FN5O8. The smallest absolute Gasteiger partial charge is 0.410 e. The van der Waals surface area contributed by atoms with Gasteiger partial charge in [-0.1, -0.05) is 24.3 Å². The standard InChI is InChI=1S/C35H46FN5O8/c1-34(2,3)49-32(45)38-27-10-6-14-47-13-5-8-23-16-35(23,31(44)37-17-21-11-12-21)39-29(42)28-15-24(19-41(28)30(27)43)48-33(46)40-18-22-7-4-9-26(36)25(22)20-40/h4-5,7-9,21,23-24,27-28H,6,10-20H2,1-3H3,(H,37,44)(H,38,45)(H,39,42)/b8-5-/t23-,24-,27+,28+,35-/m1/s1. The fourth-order valence-electron chi connectivity index (χ4n) is 6.77. The van der Waals surface area contributed by atoms with E-state index in [9.17, 15) is 28.4 Å². The van der Waals surface area contributed by atoms with Crippen molar-refractivity contribution in [2.45, 2.75) is 102 Å². The van der Waals surface area contributed by atoms with Crippen molar-refractivity contribution >= 4 is 29.9 Å². The summed E-state index contributed by atoms with van der Waals surface area (Å²) < 4.78 is 31.4. The molecule has 13 nitrogen and oxygen atoms in total. The first-order valence-electron chi connectivity index (χ1n) is 17.2. The van der Waals surface area contributed by atoms with Gasteiger partial charge in [-0.2, -0.15) is 0 Å². The van der Waals surface area contributed by atoms with Crippen LogP contribution in [0.2, 0.25) is 0 Å². The minimum absolute atomic E-state index is 0.0268. The number of rotatable bonds is 5. The van der Waals surface area contributed by atoms with Gasteiger partial charge in [0.05, 0.1) is 19.7 Å². The van der Waals surface area contributed by atoms with E-state index in [-0.39, 0.29) is 44.3 Å². The van der Waals surface area contributed by atoms with E-state index in [2.05, 4.69) is 16.0 Å². The van der Waals surface area contributed by atoms with Crippen LogP contribution in [0.5, 0.6) is 0 Å². The van der Waals surface area contributed by atoms with Gasteiger partial charge in [0.25, 0.3) is 0 Å². The number of nitrogens with one attached hydrogen (secondary N) is 3. The van der Waals surface area contributed by atoms with Gasteiger partial charge in [-0.3, -0.25) is 19.3 Å². The minimum atomic E-state index is -1.19. The van der Waals surface area contributed by atoms with Crippen LogP contribution >= 0.6 is 0 Å². The van der Waals surface area contributed by atoms with Gasteiger partial charge in [0.2, 0.25) is 17.7 Å². The number of nitrogens with zero attached hydrogens (tertiary/aromatic N) is 2. The summed E-state index contributed by atoms with van der Waals surface area (Å²) in [7, 11) is 0. The first-order valence-corrected chi connectivity index (χ1v) is 17.2. The maximum Gasteiger partial charge on any atom is 0.410 e. The van der Waals surface area contributed by atoms with E-state index in [1.165, 1.54) is 15.9 Å². The Morgan fingerprint density at radius 3 is 2.67 bits per heavy atom. The second kappa shape index (κ2) is 14.0. The summed E-state index contributed by atoms with van der Waals surface area (Å²) >= 11 is 0. The third kappa shape index (κ3) is 8.17. The van der Waals surface area contributed by atoms with E-state index < -0.39 is 59.1 Å². The van der Waals surface area contributed by atoms with Gasteiger partial charge < -0.3 is 35.1 Å². The molecule has 2 saturated carbocycles. The fraction of sp³-hybridized carbons (Fsp3) is 0.629. The van der Waals surface area contributed by atoms with Crippen molar-refractivity contribution in [3.8, 4) is 0 Å². The summed E-state index contributed by atoms with van der Waals surface area (Å²) in [5.41, 5.74) is -0.896. The predicted molar refractivity (Wildman–Crippen MR) is 173 cm³/mol. The molecule has 3 fully saturated rings. The quantitative estimate of drug-likeness (QED) is 0.401. The highest BCUT2D eigenvalue weighted by Gasteiger charge is 2.61. The number of hydrogen-bond acceptors (Lipinski definition) is 8. The van der Waals surface area contributed by atoms with Crippen LogP contribution < -0.4 is 16.0 Å². The lowest BCUT2D eigenvalue weighted by Gasteiger charge is -2.30. The summed E-state index contributed by atoms with van der Waals surface area (Å²) in [4.78, 5) is 70.7. The SMILES string of the molecule is CC(C)(C)OC(=O)N[C@H]1CCCOC/C=C\[C@@H]2C[C@@]2(C(=O)NCC2CC2)NC(=O)[C@@H]2C[C@@H](OC(=O)N3Cc4cccc(F)c4C3)CN2C1=O. The lowest BCUT2D eigenvalue weighted by atomic mass is 10.1. The van der Waals surface area contributed by atoms with Crippen LogP contribution in [-0.4, -0.2) is 95.3 Å². The molecule has 1 aromatic carbocycles. The van der Waals surface area contributed by atoms with E-state index in [1.54, 1.807) is 32.9 Å². The van der Waals surface area contributed by atoms with Crippen LogP contribution in [-0.2, 0) is 41.7 Å². The first-order chi connectivity index (χ1) is 23.3. The van der Waals surface area contributed by atoms with E-state index >= 15 is 0 Å². The summed E-state index contributed by atoms with van der Waals surface area (Å²) in [5.74, 6) is -1.61. The molecule has 1 saturated heterocycles. The van der Waals surface area contributed by atoms with Crippen LogP contribution in [0, 0.1) is 17.7 Å². The number of fused-ring (bicyclic) bond motifs is 3. The Morgan fingerprint density at radius 2 is 1.94 bits per heavy atom. The van der Waals surface area contributed by atoms with Crippen LogP contribution in [0.3, 0.4) is 0 Å². The molecule has 5 amide bonds. The second-order valence-electron chi connectivity index (χ2n) is 14.8. The molecular weight excluding hydrogens is 637 g/mol. The van der Waals surface area contributed by atoms with Crippen LogP contribution in [0.4, 0.5) is 14.0 Å². The average Bonchev–Trinajstić information content (AvgIpc) is 3.89. The average molecular weight is 684 g/mol. The molecule has 0 bridgehead atoms. The highest BCUT2D eigenvalue weighted by molar-refractivity contribution is 5.98. The van der Waals surface area contributed by atoms with Gasteiger partial charge >= 0.3 is 12.2 Å². The van der Waals surface area contributed by atoms with Gasteiger partial charge in [-0.05, 0) is 70.4 Å². The third-order valence-electron chi connectivity index (χ3n) is 9.67. The van der Waals surface area contributed by atoms with Crippen LogP contribution in [0.25, 0.3) is 0 Å². The second-order valence-corrected chi connectivity index (χ2v) is 14.8. The molecule has 0 spiro atoms. The maximum atomic E-state index is 14.4. The molecule has 0 aromatic heterocycles. The Balaban J connectivity index is 1.23. The number of amides is 5. The molecule has 2 aliphatic carbocycles. The number of hydrogen-bond donors (Lipinski definition) is 3. The fourth-order valence-corrected chi connectivity index (χ4v) is 6.77. The molecule has 14 heteroatoms. The first kappa shape index (κ1) is 34.7. The lowest BCUT2D eigenvalue weighted by Crippen LogP contribution is -2.58. The van der Waals surface area contributed by atoms with Crippen molar-refractivity contribution in [3.05, 3.63) is 47.3 Å². The van der Waals surface area contributed by atoms with Crippen LogP contribution in [0.1, 0.15) is 70.4 Å². The minimum Gasteiger partial charge on any atom is -0.444 e. The Bertz CT molecular complexity index is 1510. The molecule has 266 valence electrons. The van der Waals surface area contributed by atoms with Crippen molar-refractivity contribution in [2.75, 3.05) is 26.3 Å². The zero-order valence-electron chi connectivity index (χ0n) is 28.3. The van der Waals surface area contributed by atoms with Gasteiger partial charge in [0.1, 0.15) is 35.1 Å². The number of benzene rings is 1. The monoisotopic (exact) mass is 683 g/mol. The summed E-state index contributed by atoms with van der Waals surface area (Å²) in [6, 6.07) is 2.52. The van der Waals surface area contributed by atoms with Gasteiger partial charge in [-0.25, -0.2) is 14.0 Å². The molecule has 3 aliphatic heterocycles. The Hall–Kier alpha value is -4.20. The molecule has 49 heavy (non-hydrogen) atoms. The number of halogens is 1. The molecule has 1 aromatic rings. The number of carbonyl (C=O) groups is 5. The Morgan fingerprint density at radius 1 is 1.14 bits per heavy atom. The van der Waals surface area contributed by atoms with Crippen molar-refractivity contribution in [2.24, 2.45) is 11.8 Å². The topological polar surface area (TPSA) is 156 Å². The van der Waals surface area contributed by atoms with Gasteiger partial charge in [-0.15, -0.1) is 0 Å². The molecule has 5 atom stereocenters. The lowest BCUT2D eigenvalue weighted by molar-refractivity contribution is -0.141. The third-order valence-corrected chi connectivity index (χ3v) is 9.67. The molecule has 3 N–H and O–H groups in total. The molecule has 0 unspecified atom stereocenters. The highest BCUT2D eigenvalue weighted by Crippen LogP contribution is 2.45. The summed E-state index contributed by atoms with van der Waals surface area (Å²) in [6.45, 7) is 6.35. The maximum absolute atomic E-state index is 14.4. The van der Waals surface area contributed by atoms with Crippen LogP contribution in [0.15, 0.2) is 30.4 Å². The van der Waals surface area contributed by atoms with Gasteiger partial charge in [0.15, 0.2) is 0 Å². The van der Waals surface area contributed by atoms with Crippen molar-refractivity contribution in [1.82, 2.24) is 25.8 Å². The van der Waals surface area contributed by atoms with Crippen molar-refractivity contribution in [1.29, 1.82) is 0 Å². The zero-order valence-corrected chi connectivity index (χ0v) is 28.3. The highest BCUT2D eigenvalue weighted by atomic mass is 19.1. The molecule has 3 heterocycles. The van der Waals surface area contributed by atoms with E-state index in [0.29, 0.717) is 49.6 Å². The normalized spacial score (nSPS) is 29.3. The van der Waals surface area contributed by atoms with Gasteiger partial charge in [0, 0.05) is 37.6 Å². The van der Waals surface area contributed by atoms with E-state index in [0.717, 1.165) is 12.8 Å². The Kier molecular flexibility index (Phi) is 9.88. The Labute approximate surface area is 285 Å². The largest absolute Gasteiger partial charge is 0.444 e. The molecule has 6 rings (SSSR count). The number of ether oxygens (including phenoxy) is 3. The van der Waals surface area contributed by atoms with E-state index in [4.69, 9.17) is 14.2 Å². The molecule has 5 aliphatic rings. The molecule has 0 radical (unpaired) electrons. The van der Waals surface area contributed by atoms with E-state index in [1.807, 2.05) is 12.2 Å². The van der Waals surface area contributed by atoms with Crippen molar-refractivity contribution < 1.29 is 42.6 Å². The summed E-state index contributed by atoms with van der Waals surface area (Å²) in [5, 5.41) is 8.63. The number of carbonyl (C=O) groups excluding carboxylic acids is 5. The zero-order chi connectivity index (χ0) is 34.9. The summed E-state index contributed by atoms with van der Waals surface area (Å²) in [6.07, 6.45) is 4.43.